The molecule has 0 radical (unpaired) electrons. The summed E-state index contributed by atoms with van der Waals surface area (Å²) in [5, 5.41) is 3.18. The minimum Gasteiger partial charge on any atom is -0.491 e. The number of hydrogen-bond donors (Lipinski definition) is 1. The number of hydrogen-bond acceptors (Lipinski definition) is 3. The Hall–Kier alpha value is -1.20. The van der Waals surface area contributed by atoms with Crippen LogP contribution >= 0.6 is 0 Å². The molecule has 0 spiro atoms. The van der Waals surface area contributed by atoms with Crippen molar-refractivity contribution >= 4 is 0 Å². The largest absolute Gasteiger partial charge is 0.491 e. The van der Waals surface area contributed by atoms with Crippen molar-refractivity contribution in [1.29, 1.82) is 0 Å². The van der Waals surface area contributed by atoms with E-state index in [0.29, 0.717) is 18.7 Å². The molecule has 112 valence electrons. The van der Waals surface area contributed by atoms with Gasteiger partial charge in [0.05, 0.1) is 12.1 Å². The molecule has 1 aliphatic rings. The molecule has 0 bridgehead atoms. The minimum atomic E-state index is -2.38. The molecule has 3 nitrogen and oxygen atoms in total. The third kappa shape index (κ3) is 3.90. The predicted octanol–water partition coefficient (Wildman–Crippen LogP) is 2.69. The normalized spacial score (nSPS) is 18.5. The molecule has 0 saturated carbocycles. The average molecular weight is 284 g/mol. The van der Waals surface area contributed by atoms with Crippen molar-refractivity contribution in [3.8, 4) is 5.75 Å². The highest BCUT2D eigenvalue weighted by atomic mass is 19.3. The number of halogens is 2. The Morgan fingerprint density at radius 1 is 1.10 bits per heavy atom. The van der Waals surface area contributed by atoms with Gasteiger partial charge in [0.2, 0.25) is 0 Å². The maximum absolute atomic E-state index is 13.4. The van der Waals surface area contributed by atoms with Gasteiger partial charge in [-0.15, -0.1) is 0 Å². The van der Waals surface area contributed by atoms with Crippen LogP contribution in [0.15, 0.2) is 24.3 Å². The molecule has 0 aliphatic carbocycles. The van der Waals surface area contributed by atoms with Crippen LogP contribution in [0.4, 0.5) is 8.78 Å². The van der Waals surface area contributed by atoms with Gasteiger partial charge in [-0.1, -0.05) is 12.1 Å². The first-order chi connectivity index (χ1) is 9.58. The van der Waals surface area contributed by atoms with E-state index in [-0.39, 0.29) is 6.10 Å². The van der Waals surface area contributed by atoms with Crippen LogP contribution in [0, 0.1) is 0 Å². The molecular weight excluding hydrogens is 262 g/mol. The minimum absolute atomic E-state index is 0.0833. The van der Waals surface area contributed by atoms with Crippen LogP contribution in [0.1, 0.15) is 25.5 Å². The molecule has 2 rings (SSSR count). The number of nitrogens with one attached hydrogen (secondary N) is 1. The van der Waals surface area contributed by atoms with Crippen molar-refractivity contribution in [2.45, 2.75) is 32.4 Å². The van der Waals surface area contributed by atoms with E-state index in [1.165, 1.54) is 0 Å². The Kier molecular flexibility index (Phi) is 5.31. The number of nitrogens with zero attached hydrogens (tertiary/aromatic N) is 1. The van der Waals surface area contributed by atoms with E-state index in [1.807, 2.05) is 18.7 Å². The number of benzene rings is 1. The molecule has 1 N–H and O–H groups in total. The van der Waals surface area contributed by atoms with E-state index < -0.39 is 12.5 Å². The fraction of sp³-hybridized carbons (Fsp3) is 0.600. The van der Waals surface area contributed by atoms with Crippen LogP contribution in [0.2, 0.25) is 0 Å². The Labute approximate surface area is 118 Å². The fourth-order valence-electron chi connectivity index (χ4n) is 2.49. The molecule has 0 amide bonds. The van der Waals surface area contributed by atoms with Gasteiger partial charge in [0.25, 0.3) is 6.43 Å². The number of piperazine rings is 1. The van der Waals surface area contributed by atoms with Crippen molar-refractivity contribution in [3.05, 3.63) is 29.8 Å². The van der Waals surface area contributed by atoms with Gasteiger partial charge in [0.15, 0.2) is 0 Å². The zero-order chi connectivity index (χ0) is 14.5. The standard InChI is InChI=1S/C15H22F2N2O/c1-11(2)20-13-5-3-12(4-6-13)14(15(16)17)19-9-7-18-8-10-19/h3-6,11,14-15,18H,7-10H2,1-2H3/t14-/m1/s1. The van der Waals surface area contributed by atoms with E-state index in [1.54, 1.807) is 24.3 Å². The molecule has 1 atom stereocenters. The summed E-state index contributed by atoms with van der Waals surface area (Å²) in [7, 11) is 0. The molecule has 1 saturated heterocycles. The quantitative estimate of drug-likeness (QED) is 0.899. The molecule has 1 aromatic rings. The van der Waals surface area contributed by atoms with Crippen molar-refractivity contribution in [2.24, 2.45) is 0 Å². The lowest BCUT2D eigenvalue weighted by Gasteiger charge is -2.34. The summed E-state index contributed by atoms with van der Waals surface area (Å²) in [6.07, 6.45) is -2.30. The lowest BCUT2D eigenvalue weighted by Crippen LogP contribution is -2.46. The predicted molar refractivity (Wildman–Crippen MR) is 75.4 cm³/mol. The first-order valence-corrected chi connectivity index (χ1v) is 7.07. The smallest absolute Gasteiger partial charge is 0.258 e. The molecule has 1 heterocycles. The summed E-state index contributed by atoms with van der Waals surface area (Å²) in [6.45, 7) is 6.71. The molecule has 20 heavy (non-hydrogen) atoms. The third-order valence-corrected chi connectivity index (χ3v) is 3.38. The second-order valence-electron chi connectivity index (χ2n) is 5.30. The van der Waals surface area contributed by atoms with Gasteiger partial charge in [-0.3, -0.25) is 4.90 Å². The molecular formula is C15H22F2N2O. The van der Waals surface area contributed by atoms with Gasteiger partial charge in [0, 0.05) is 26.2 Å². The Balaban J connectivity index is 2.12. The highest BCUT2D eigenvalue weighted by molar-refractivity contribution is 5.29. The molecule has 0 aromatic heterocycles. The topological polar surface area (TPSA) is 24.5 Å². The van der Waals surface area contributed by atoms with E-state index in [0.717, 1.165) is 18.8 Å². The summed E-state index contributed by atoms with van der Waals surface area (Å²) in [6, 6.07) is 6.21. The van der Waals surface area contributed by atoms with Crippen molar-refractivity contribution in [2.75, 3.05) is 26.2 Å². The van der Waals surface area contributed by atoms with Crippen LogP contribution < -0.4 is 10.1 Å². The third-order valence-electron chi connectivity index (χ3n) is 3.38. The monoisotopic (exact) mass is 284 g/mol. The second kappa shape index (κ2) is 6.99. The molecule has 5 heteroatoms. The highest BCUT2D eigenvalue weighted by Crippen LogP contribution is 2.29. The Morgan fingerprint density at radius 2 is 1.70 bits per heavy atom. The van der Waals surface area contributed by atoms with Crippen LogP contribution in [0.3, 0.4) is 0 Å². The van der Waals surface area contributed by atoms with Gasteiger partial charge in [-0.2, -0.15) is 0 Å². The van der Waals surface area contributed by atoms with E-state index in [9.17, 15) is 8.78 Å². The fourth-order valence-corrected chi connectivity index (χ4v) is 2.49. The average Bonchev–Trinajstić information content (AvgIpc) is 2.41. The van der Waals surface area contributed by atoms with Crippen LogP contribution in [-0.2, 0) is 0 Å². The maximum atomic E-state index is 13.4. The SMILES string of the molecule is CC(C)Oc1ccc([C@H](C(F)F)N2CCNCC2)cc1. The Bertz CT molecular complexity index is 403. The summed E-state index contributed by atoms with van der Waals surface area (Å²) in [5.41, 5.74) is 0.651. The van der Waals surface area contributed by atoms with Gasteiger partial charge >= 0.3 is 0 Å². The van der Waals surface area contributed by atoms with Crippen molar-refractivity contribution < 1.29 is 13.5 Å². The van der Waals surface area contributed by atoms with E-state index in [4.69, 9.17) is 4.74 Å². The molecule has 0 unspecified atom stereocenters. The highest BCUT2D eigenvalue weighted by Gasteiger charge is 2.29. The van der Waals surface area contributed by atoms with E-state index in [2.05, 4.69) is 5.32 Å². The summed E-state index contributed by atoms with van der Waals surface area (Å²) < 4.78 is 32.3. The lowest BCUT2D eigenvalue weighted by atomic mass is 10.0. The number of alkyl halides is 2. The van der Waals surface area contributed by atoms with Crippen LogP contribution in [0.5, 0.6) is 5.75 Å². The first-order valence-electron chi connectivity index (χ1n) is 7.07. The Morgan fingerprint density at radius 3 is 2.20 bits per heavy atom. The maximum Gasteiger partial charge on any atom is 0.258 e. The summed E-state index contributed by atoms with van der Waals surface area (Å²) in [4.78, 5) is 1.85. The van der Waals surface area contributed by atoms with Gasteiger partial charge in [-0.25, -0.2) is 8.78 Å². The zero-order valence-electron chi connectivity index (χ0n) is 12.0. The van der Waals surface area contributed by atoms with Gasteiger partial charge in [0.1, 0.15) is 5.75 Å². The molecule has 1 aliphatic heterocycles. The van der Waals surface area contributed by atoms with Gasteiger partial charge < -0.3 is 10.1 Å². The summed E-state index contributed by atoms with van der Waals surface area (Å²) >= 11 is 0. The number of ether oxygens (including phenoxy) is 1. The summed E-state index contributed by atoms with van der Waals surface area (Å²) in [5.74, 6) is 0.720. The van der Waals surface area contributed by atoms with Gasteiger partial charge in [-0.05, 0) is 31.5 Å². The first kappa shape index (κ1) is 15.2. The van der Waals surface area contributed by atoms with Crippen molar-refractivity contribution in [1.82, 2.24) is 10.2 Å². The van der Waals surface area contributed by atoms with Crippen molar-refractivity contribution in [3.63, 3.8) is 0 Å². The van der Waals surface area contributed by atoms with Crippen LogP contribution in [0.25, 0.3) is 0 Å². The second-order valence-corrected chi connectivity index (χ2v) is 5.30. The zero-order valence-corrected chi connectivity index (χ0v) is 12.0. The van der Waals surface area contributed by atoms with Crippen LogP contribution in [-0.4, -0.2) is 43.6 Å². The lowest BCUT2D eigenvalue weighted by molar-refractivity contribution is 0.0181. The molecule has 1 fully saturated rings. The van der Waals surface area contributed by atoms with E-state index >= 15 is 0 Å². The number of rotatable bonds is 5. The molecule has 1 aromatic carbocycles.